The van der Waals surface area contributed by atoms with E-state index in [4.69, 9.17) is 17.3 Å². The van der Waals surface area contributed by atoms with Gasteiger partial charge in [-0.25, -0.2) is 0 Å². The van der Waals surface area contributed by atoms with Gasteiger partial charge in [0.2, 0.25) is 5.91 Å². The number of hydrogen-bond acceptors (Lipinski definition) is 3. The zero-order valence-electron chi connectivity index (χ0n) is 8.16. The van der Waals surface area contributed by atoms with Crippen molar-refractivity contribution in [3.8, 4) is 0 Å². The van der Waals surface area contributed by atoms with Crippen molar-refractivity contribution >= 4 is 28.8 Å². The predicted octanol–water partition coefficient (Wildman–Crippen LogP) is 1.71. The quantitative estimate of drug-likeness (QED) is 0.859. The summed E-state index contributed by atoms with van der Waals surface area (Å²) in [7, 11) is 1.86. The van der Waals surface area contributed by atoms with Gasteiger partial charge in [-0.3, -0.25) is 9.69 Å². The SMILES string of the molecule is C[C@H](C(N)=O)N(C)Cc1ccc(Cl)s1. The molecule has 1 amide bonds. The number of primary amides is 1. The topological polar surface area (TPSA) is 46.3 Å². The zero-order valence-corrected chi connectivity index (χ0v) is 9.73. The Bertz CT molecular complexity index is 326. The van der Waals surface area contributed by atoms with Crippen LogP contribution in [0.3, 0.4) is 0 Å². The van der Waals surface area contributed by atoms with E-state index in [0.29, 0.717) is 6.54 Å². The number of carbonyl (C=O) groups is 1. The highest BCUT2D eigenvalue weighted by molar-refractivity contribution is 7.16. The van der Waals surface area contributed by atoms with Gasteiger partial charge in [0.1, 0.15) is 0 Å². The lowest BCUT2D eigenvalue weighted by molar-refractivity contribution is -0.122. The summed E-state index contributed by atoms with van der Waals surface area (Å²) in [4.78, 5) is 13.9. The van der Waals surface area contributed by atoms with Gasteiger partial charge in [-0.1, -0.05) is 11.6 Å². The van der Waals surface area contributed by atoms with Gasteiger partial charge in [0.25, 0.3) is 0 Å². The standard InChI is InChI=1S/C9H13ClN2OS/c1-6(9(11)13)12(2)5-7-3-4-8(10)14-7/h3-4,6H,5H2,1-2H3,(H2,11,13)/t6-/m1/s1. The summed E-state index contributed by atoms with van der Waals surface area (Å²) in [5.41, 5.74) is 5.19. The number of hydrogen-bond donors (Lipinski definition) is 1. The molecule has 1 aromatic heterocycles. The summed E-state index contributed by atoms with van der Waals surface area (Å²) in [6.07, 6.45) is 0. The van der Waals surface area contributed by atoms with Crippen molar-refractivity contribution in [2.45, 2.75) is 19.5 Å². The van der Waals surface area contributed by atoms with Crippen LogP contribution in [0, 0.1) is 0 Å². The predicted molar refractivity (Wildman–Crippen MR) is 59.5 cm³/mol. The lowest BCUT2D eigenvalue weighted by atomic mass is 10.3. The molecule has 1 rings (SSSR count). The Morgan fingerprint density at radius 1 is 1.71 bits per heavy atom. The van der Waals surface area contributed by atoms with Crippen LogP contribution in [0.5, 0.6) is 0 Å². The van der Waals surface area contributed by atoms with Gasteiger partial charge in [-0.05, 0) is 26.1 Å². The fraction of sp³-hybridized carbons (Fsp3) is 0.444. The molecular weight excluding hydrogens is 220 g/mol. The van der Waals surface area contributed by atoms with Crippen molar-refractivity contribution in [3.63, 3.8) is 0 Å². The first-order valence-corrected chi connectivity index (χ1v) is 5.44. The van der Waals surface area contributed by atoms with Crippen LogP contribution in [0.15, 0.2) is 12.1 Å². The minimum absolute atomic E-state index is 0.254. The number of nitrogens with two attached hydrogens (primary N) is 1. The zero-order chi connectivity index (χ0) is 10.7. The molecule has 0 aromatic carbocycles. The second kappa shape index (κ2) is 4.77. The Hall–Kier alpha value is -0.580. The van der Waals surface area contributed by atoms with E-state index < -0.39 is 0 Å². The maximum atomic E-state index is 10.9. The molecule has 78 valence electrons. The number of halogens is 1. The largest absolute Gasteiger partial charge is 0.368 e. The van der Waals surface area contributed by atoms with Crippen LogP contribution in [0.25, 0.3) is 0 Å². The van der Waals surface area contributed by atoms with Crippen LogP contribution in [-0.2, 0) is 11.3 Å². The average molecular weight is 233 g/mol. The third-order valence-electron chi connectivity index (χ3n) is 2.11. The van der Waals surface area contributed by atoms with Gasteiger partial charge in [-0.2, -0.15) is 0 Å². The number of thiophene rings is 1. The van der Waals surface area contributed by atoms with Crippen LogP contribution in [0.1, 0.15) is 11.8 Å². The first-order chi connectivity index (χ1) is 6.50. The molecule has 0 saturated heterocycles. The first kappa shape index (κ1) is 11.5. The third kappa shape index (κ3) is 2.97. The normalized spacial score (nSPS) is 13.1. The maximum absolute atomic E-state index is 10.9. The summed E-state index contributed by atoms with van der Waals surface area (Å²) < 4.78 is 0.764. The van der Waals surface area contributed by atoms with Gasteiger partial charge in [0.05, 0.1) is 10.4 Å². The molecule has 14 heavy (non-hydrogen) atoms. The Morgan fingerprint density at radius 2 is 2.36 bits per heavy atom. The summed E-state index contributed by atoms with van der Waals surface area (Å²) in [6.45, 7) is 2.49. The van der Waals surface area contributed by atoms with E-state index in [9.17, 15) is 4.79 Å². The van der Waals surface area contributed by atoms with E-state index in [1.165, 1.54) is 11.3 Å². The minimum Gasteiger partial charge on any atom is -0.368 e. The highest BCUT2D eigenvalue weighted by Gasteiger charge is 2.15. The van der Waals surface area contributed by atoms with Crippen molar-refractivity contribution in [1.29, 1.82) is 0 Å². The van der Waals surface area contributed by atoms with Crippen LogP contribution in [0.4, 0.5) is 0 Å². The Morgan fingerprint density at radius 3 is 2.79 bits per heavy atom. The molecule has 1 aromatic rings. The number of amides is 1. The molecule has 0 aliphatic heterocycles. The second-order valence-corrected chi connectivity index (χ2v) is 5.00. The molecule has 1 heterocycles. The Labute approximate surface area is 92.5 Å². The summed E-state index contributed by atoms with van der Waals surface area (Å²) in [5, 5.41) is 0. The van der Waals surface area contributed by atoms with Crippen LogP contribution in [0.2, 0.25) is 4.34 Å². The fourth-order valence-electron chi connectivity index (χ4n) is 1.04. The molecule has 0 unspecified atom stereocenters. The molecule has 3 nitrogen and oxygen atoms in total. The molecule has 0 aliphatic rings. The Kier molecular flexibility index (Phi) is 3.92. The molecule has 1 atom stereocenters. The lowest BCUT2D eigenvalue weighted by Gasteiger charge is -2.20. The number of carbonyl (C=O) groups excluding carboxylic acids is 1. The van der Waals surface area contributed by atoms with Crippen molar-refractivity contribution < 1.29 is 4.79 Å². The van der Waals surface area contributed by atoms with Crippen LogP contribution >= 0.6 is 22.9 Å². The smallest absolute Gasteiger partial charge is 0.234 e. The van der Waals surface area contributed by atoms with Crippen molar-refractivity contribution in [3.05, 3.63) is 21.3 Å². The molecular formula is C9H13ClN2OS. The van der Waals surface area contributed by atoms with Crippen molar-refractivity contribution in [2.24, 2.45) is 5.73 Å². The number of rotatable bonds is 4. The average Bonchev–Trinajstić information content (AvgIpc) is 2.49. The molecule has 0 radical (unpaired) electrons. The van der Waals surface area contributed by atoms with Gasteiger partial charge in [0, 0.05) is 11.4 Å². The minimum atomic E-state index is -0.310. The molecule has 0 spiro atoms. The van der Waals surface area contributed by atoms with Gasteiger partial charge in [0.15, 0.2) is 0 Å². The third-order valence-corrected chi connectivity index (χ3v) is 3.32. The number of nitrogens with zero attached hydrogens (tertiary/aromatic N) is 1. The lowest BCUT2D eigenvalue weighted by Crippen LogP contribution is -2.39. The second-order valence-electron chi connectivity index (χ2n) is 3.20. The van der Waals surface area contributed by atoms with Crippen molar-refractivity contribution in [2.75, 3.05) is 7.05 Å². The van der Waals surface area contributed by atoms with E-state index in [-0.39, 0.29) is 11.9 Å². The molecule has 0 fully saturated rings. The van der Waals surface area contributed by atoms with E-state index in [1.54, 1.807) is 6.92 Å². The van der Waals surface area contributed by atoms with Gasteiger partial charge >= 0.3 is 0 Å². The first-order valence-electron chi connectivity index (χ1n) is 4.24. The monoisotopic (exact) mass is 232 g/mol. The molecule has 5 heteroatoms. The van der Waals surface area contributed by atoms with E-state index in [1.807, 2.05) is 24.1 Å². The van der Waals surface area contributed by atoms with Crippen LogP contribution in [-0.4, -0.2) is 23.9 Å². The van der Waals surface area contributed by atoms with Gasteiger partial charge in [-0.15, -0.1) is 11.3 Å². The van der Waals surface area contributed by atoms with Crippen molar-refractivity contribution in [1.82, 2.24) is 4.90 Å². The van der Waals surface area contributed by atoms with Gasteiger partial charge < -0.3 is 5.73 Å². The summed E-state index contributed by atoms with van der Waals surface area (Å²) in [6, 6.07) is 3.55. The summed E-state index contributed by atoms with van der Waals surface area (Å²) >= 11 is 7.31. The maximum Gasteiger partial charge on any atom is 0.234 e. The fourth-order valence-corrected chi connectivity index (χ4v) is 2.19. The highest BCUT2D eigenvalue weighted by Crippen LogP contribution is 2.22. The highest BCUT2D eigenvalue weighted by atomic mass is 35.5. The van der Waals surface area contributed by atoms with Crippen LogP contribution < -0.4 is 5.73 Å². The van der Waals surface area contributed by atoms with E-state index >= 15 is 0 Å². The molecule has 0 bridgehead atoms. The molecule has 0 aliphatic carbocycles. The van der Waals surface area contributed by atoms with E-state index in [0.717, 1.165) is 9.21 Å². The van der Waals surface area contributed by atoms with E-state index in [2.05, 4.69) is 0 Å². The number of likely N-dealkylation sites (N-methyl/N-ethyl adjacent to an activating group) is 1. The molecule has 2 N–H and O–H groups in total. The summed E-state index contributed by atoms with van der Waals surface area (Å²) in [5.74, 6) is -0.310. The Balaban J connectivity index is 2.56. The molecule has 0 saturated carbocycles.